The Morgan fingerprint density at radius 1 is 0.967 bits per heavy atom. The molecule has 2 amide bonds. The zero-order valence-electron chi connectivity index (χ0n) is 17.0. The summed E-state index contributed by atoms with van der Waals surface area (Å²) in [4.78, 5) is 23.7. The van der Waals surface area contributed by atoms with Crippen molar-refractivity contribution in [3.05, 3.63) is 65.7 Å². The molecule has 0 atom stereocenters. The molecule has 2 aromatic carbocycles. The largest absolute Gasteiger partial charge is 0.352 e. The van der Waals surface area contributed by atoms with Crippen molar-refractivity contribution in [1.82, 2.24) is 14.9 Å². The molecule has 0 aliphatic carbocycles. The Labute approximate surface area is 177 Å². The van der Waals surface area contributed by atoms with E-state index in [-0.39, 0.29) is 17.7 Å². The summed E-state index contributed by atoms with van der Waals surface area (Å²) >= 11 is 0. The third kappa shape index (κ3) is 5.67. The van der Waals surface area contributed by atoms with Crippen LogP contribution in [0.5, 0.6) is 0 Å². The lowest BCUT2D eigenvalue weighted by Crippen LogP contribution is -2.41. The van der Waals surface area contributed by atoms with Gasteiger partial charge in [-0.15, -0.1) is 0 Å². The van der Waals surface area contributed by atoms with E-state index in [1.54, 1.807) is 42.5 Å². The molecule has 160 valence electrons. The SMILES string of the molecule is CC(=O)NCc1ccc(C(=O)NCC2CCN(S(=O)(=O)c3ccccc3)CC2)cc1. The van der Waals surface area contributed by atoms with Gasteiger partial charge in [-0.25, -0.2) is 8.42 Å². The molecule has 8 heteroatoms. The number of piperidine rings is 1. The minimum atomic E-state index is -3.45. The Morgan fingerprint density at radius 2 is 1.60 bits per heavy atom. The molecule has 30 heavy (non-hydrogen) atoms. The average molecular weight is 430 g/mol. The molecule has 1 aliphatic heterocycles. The summed E-state index contributed by atoms with van der Waals surface area (Å²) in [5.74, 6) is -0.00457. The Kier molecular flexibility index (Phi) is 7.23. The number of nitrogens with one attached hydrogen (secondary N) is 2. The molecule has 0 bridgehead atoms. The summed E-state index contributed by atoms with van der Waals surface area (Å²) in [6.45, 7) is 3.32. The summed E-state index contributed by atoms with van der Waals surface area (Å²) in [7, 11) is -3.45. The molecule has 1 saturated heterocycles. The van der Waals surface area contributed by atoms with Gasteiger partial charge >= 0.3 is 0 Å². The first-order chi connectivity index (χ1) is 14.4. The minimum absolute atomic E-state index is 0.0977. The fourth-order valence-corrected chi connectivity index (χ4v) is 4.93. The van der Waals surface area contributed by atoms with Crippen molar-refractivity contribution in [3.8, 4) is 0 Å². The second kappa shape index (κ2) is 9.86. The van der Waals surface area contributed by atoms with Crippen LogP contribution < -0.4 is 10.6 Å². The fraction of sp³-hybridized carbons (Fsp3) is 0.364. The topological polar surface area (TPSA) is 95.6 Å². The van der Waals surface area contributed by atoms with Crippen molar-refractivity contribution in [2.24, 2.45) is 5.92 Å². The van der Waals surface area contributed by atoms with E-state index in [9.17, 15) is 18.0 Å². The first kappa shape index (κ1) is 22.0. The van der Waals surface area contributed by atoms with Crippen LogP contribution in [0.1, 0.15) is 35.7 Å². The number of hydrogen-bond acceptors (Lipinski definition) is 4. The van der Waals surface area contributed by atoms with Crippen molar-refractivity contribution in [1.29, 1.82) is 0 Å². The number of carbonyl (C=O) groups is 2. The molecular formula is C22H27N3O4S. The molecule has 7 nitrogen and oxygen atoms in total. The Morgan fingerprint density at radius 3 is 2.20 bits per heavy atom. The molecule has 2 aromatic rings. The molecule has 0 radical (unpaired) electrons. The molecule has 3 rings (SSSR count). The van der Waals surface area contributed by atoms with Gasteiger partial charge in [0.25, 0.3) is 5.91 Å². The Hall–Kier alpha value is -2.71. The minimum Gasteiger partial charge on any atom is -0.352 e. The molecule has 0 unspecified atom stereocenters. The van der Waals surface area contributed by atoms with E-state index in [0.29, 0.717) is 49.5 Å². The highest BCUT2D eigenvalue weighted by Gasteiger charge is 2.29. The Bertz CT molecular complexity index is 967. The number of sulfonamides is 1. The second-order valence-corrected chi connectivity index (χ2v) is 9.42. The second-order valence-electron chi connectivity index (χ2n) is 7.48. The fourth-order valence-electron chi connectivity index (χ4n) is 3.43. The van der Waals surface area contributed by atoms with Crippen LogP contribution in [0, 0.1) is 5.92 Å². The highest BCUT2D eigenvalue weighted by atomic mass is 32.2. The van der Waals surface area contributed by atoms with Crippen LogP contribution in [0.25, 0.3) is 0 Å². The molecule has 2 N–H and O–H groups in total. The summed E-state index contributed by atoms with van der Waals surface area (Å²) in [6.07, 6.45) is 1.42. The lowest BCUT2D eigenvalue weighted by atomic mass is 9.98. The summed E-state index contributed by atoms with van der Waals surface area (Å²) in [5, 5.41) is 5.66. The van der Waals surface area contributed by atoms with Gasteiger partial charge in [0.2, 0.25) is 15.9 Å². The monoisotopic (exact) mass is 429 g/mol. The maximum atomic E-state index is 12.7. The van der Waals surface area contributed by atoms with Gasteiger partial charge in [0.15, 0.2) is 0 Å². The van der Waals surface area contributed by atoms with E-state index < -0.39 is 10.0 Å². The number of rotatable bonds is 7. The number of hydrogen-bond donors (Lipinski definition) is 2. The van der Waals surface area contributed by atoms with E-state index in [1.165, 1.54) is 11.2 Å². The third-order valence-corrected chi connectivity index (χ3v) is 7.18. The lowest BCUT2D eigenvalue weighted by molar-refractivity contribution is -0.119. The van der Waals surface area contributed by atoms with Crippen molar-refractivity contribution >= 4 is 21.8 Å². The quantitative estimate of drug-likeness (QED) is 0.705. The Balaban J connectivity index is 1.46. The normalized spacial score (nSPS) is 15.5. The molecule has 1 heterocycles. The van der Waals surface area contributed by atoms with E-state index >= 15 is 0 Å². The summed E-state index contributed by atoms with van der Waals surface area (Å²) in [6, 6.07) is 15.6. The van der Waals surface area contributed by atoms with Crippen LogP contribution in [0.2, 0.25) is 0 Å². The van der Waals surface area contributed by atoms with Gasteiger partial charge in [-0.1, -0.05) is 30.3 Å². The highest BCUT2D eigenvalue weighted by molar-refractivity contribution is 7.89. The maximum Gasteiger partial charge on any atom is 0.251 e. The third-order valence-electron chi connectivity index (χ3n) is 5.26. The van der Waals surface area contributed by atoms with Gasteiger partial charge in [-0.3, -0.25) is 9.59 Å². The van der Waals surface area contributed by atoms with Crippen molar-refractivity contribution in [3.63, 3.8) is 0 Å². The van der Waals surface area contributed by atoms with Crippen LogP contribution in [0.15, 0.2) is 59.5 Å². The van der Waals surface area contributed by atoms with E-state index in [2.05, 4.69) is 10.6 Å². The van der Waals surface area contributed by atoms with E-state index in [0.717, 1.165) is 5.56 Å². The molecule has 0 saturated carbocycles. The zero-order chi connectivity index (χ0) is 21.6. The van der Waals surface area contributed by atoms with Gasteiger partial charge in [-0.2, -0.15) is 4.31 Å². The molecule has 0 aromatic heterocycles. The molecular weight excluding hydrogens is 402 g/mol. The summed E-state index contributed by atoms with van der Waals surface area (Å²) in [5.41, 5.74) is 1.49. The van der Waals surface area contributed by atoms with Crippen LogP contribution in [-0.4, -0.2) is 44.2 Å². The number of amides is 2. The van der Waals surface area contributed by atoms with Crippen molar-refractivity contribution < 1.29 is 18.0 Å². The smallest absolute Gasteiger partial charge is 0.251 e. The predicted molar refractivity (Wildman–Crippen MR) is 114 cm³/mol. The number of benzene rings is 2. The van der Waals surface area contributed by atoms with E-state index in [1.807, 2.05) is 12.1 Å². The number of nitrogens with zero attached hydrogens (tertiary/aromatic N) is 1. The van der Waals surface area contributed by atoms with Crippen LogP contribution in [-0.2, 0) is 21.4 Å². The van der Waals surface area contributed by atoms with Gasteiger partial charge in [0.1, 0.15) is 0 Å². The zero-order valence-corrected chi connectivity index (χ0v) is 17.8. The van der Waals surface area contributed by atoms with Crippen LogP contribution in [0.3, 0.4) is 0 Å². The number of carbonyl (C=O) groups excluding carboxylic acids is 2. The maximum absolute atomic E-state index is 12.7. The van der Waals surface area contributed by atoms with Gasteiger partial charge < -0.3 is 10.6 Å². The average Bonchev–Trinajstić information content (AvgIpc) is 2.77. The molecule has 1 aliphatic rings. The standard InChI is InChI=1S/C22H27N3O4S/c1-17(26)23-15-18-7-9-20(10-8-18)22(27)24-16-19-11-13-25(14-12-19)30(28,29)21-5-3-2-4-6-21/h2-10,19H,11-16H2,1H3,(H,23,26)(H,24,27). The first-order valence-electron chi connectivity index (χ1n) is 10.0. The highest BCUT2D eigenvalue weighted by Crippen LogP contribution is 2.23. The van der Waals surface area contributed by atoms with Gasteiger partial charge in [-0.05, 0) is 48.6 Å². The first-order valence-corrected chi connectivity index (χ1v) is 11.5. The predicted octanol–water partition coefficient (Wildman–Crippen LogP) is 2.15. The van der Waals surface area contributed by atoms with Crippen LogP contribution in [0.4, 0.5) is 0 Å². The van der Waals surface area contributed by atoms with Crippen molar-refractivity contribution in [2.75, 3.05) is 19.6 Å². The van der Waals surface area contributed by atoms with Crippen LogP contribution >= 0.6 is 0 Å². The van der Waals surface area contributed by atoms with Gasteiger partial charge in [0, 0.05) is 38.7 Å². The van der Waals surface area contributed by atoms with Crippen molar-refractivity contribution in [2.45, 2.75) is 31.2 Å². The molecule has 0 spiro atoms. The van der Waals surface area contributed by atoms with Gasteiger partial charge in [0.05, 0.1) is 4.90 Å². The summed E-state index contributed by atoms with van der Waals surface area (Å²) < 4.78 is 26.9. The lowest BCUT2D eigenvalue weighted by Gasteiger charge is -2.31. The van der Waals surface area contributed by atoms with E-state index in [4.69, 9.17) is 0 Å². The molecule has 1 fully saturated rings.